The van der Waals surface area contributed by atoms with Gasteiger partial charge in [0.05, 0.1) is 19.1 Å². The molecule has 0 amide bonds. The van der Waals surface area contributed by atoms with E-state index in [-0.39, 0.29) is 30.2 Å². The molecule has 0 N–H and O–H groups in total. The molecule has 0 aliphatic heterocycles. The molecule has 0 radical (unpaired) electrons. The quantitative estimate of drug-likeness (QED) is 0.629. The number of carbonyl (C=O) groups is 2. The van der Waals surface area contributed by atoms with Gasteiger partial charge in [0.15, 0.2) is 0 Å². The molecular formula is C12H22O4. The first-order valence-electron chi connectivity index (χ1n) is 5.85. The third-order valence-electron chi connectivity index (χ3n) is 2.36. The first-order valence-corrected chi connectivity index (χ1v) is 5.85. The normalized spacial score (nSPS) is 12.3. The Morgan fingerprint density at radius 1 is 1.06 bits per heavy atom. The zero-order valence-electron chi connectivity index (χ0n) is 10.6. The lowest BCUT2D eigenvalue weighted by Crippen LogP contribution is -2.24. The van der Waals surface area contributed by atoms with Gasteiger partial charge < -0.3 is 9.47 Å². The summed E-state index contributed by atoms with van der Waals surface area (Å²) in [5.41, 5.74) is 0. The van der Waals surface area contributed by atoms with Gasteiger partial charge in [0.25, 0.3) is 0 Å². The van der Waals surface area contributed by atoms with Crippen LogP contribution in [0.25, 0.3) is 0 Å². The molecule has 94 valence electrons. The summed E-state index contributed by atoms with van der Waals surface area (Å²) in [4.78, 5) is 22.8. The molecule has 0 saturated carbocycles. The molecule has 0 rings (SSSR count). The van der Waals surface area contributed by atoms with E-state index < -0.39 is 0 Å². The van der Waals surface area contributed by atoms with Crippen LogP contribution in [0.1, 0.15) is 40.5 Å². The fourth-order valence-electron chi connectivity index (χ4n) is 1.48. The summed E-state index contributed by atoms with van der Waals surface area (Å²) in [7, 11) is 0. The fourth-order valence-corrected chi connectivity index (χ4v) is 1.48. The Morgan fingerprint density at radius 3 is 2.06 bits per heavy atom. The van der Waals surface area contributed by atoms with Crippen molar-refractivity contribution in [1.29, 1.82) is 0 Å². The Balaban J connectivity index is 4.13. The summed E-state index contributed by atoms with van der Waals surface area (Å²) in [6.07, 6.45) is 0.769. The van der Waals surface area contributed by atoms with Crippen LogP contribution in [0.4, 0.5) is 0 Å². The van der Waals surface area contributed by atoms with E-state index in [1.54, 1.807) is 13.8 Å². The van der Waals surface area contributed by atoms with E-state index in [0.29, 0.717) is 19.6 Å². The van der Waals surface area contributed by atoms with Crippen LogP contribution in [0.5, 0.6) is 0 Å². The Bertz CT molecular complexity index is 223. The van der Waals surface area contributed by atoms with E-state index in [1.165, 1.54) is 0 Å². The standard InChI is InChI=1S/C12H22O4/c1-5-15-11(13)8-7-10(9(3)4)12(14)16-6-2/h9-10H,5-8H2,1-4H3. The molecule has 0 aliphatic rings. The third kappa shape index (κ3) is 5.73. The Labute approximate surface area is 97.3 Å². The third-order valence-corrected chi connectivity index (χ3v) is 2.36. The van der Waals surface area contributed by atoms with Gasteiger partial charge in [-0.3, -0.25) is 9.59 Å². The number of hydrogen-bond acceptors (Lipinski definition) is 4. The molecule has 0 spiro atoms. The highest BCUT2D eigenvalue weighted by atomic mass is 16.5. The summed E-state index contributed by atoms with van der Waals surface area (Å²) in [6.45, 7) is 8.20. The largest absolute Gasteiger partial charge is 0.466 e. The van der Waals surface area contributed by atoms with E-state index in [2.05, 4.69) is 0 Å². The van der Waals surface area contributed by atoms with Gasteiger partial charge in [-0.15, -0.1) is 0 Å². The van der Waals surface area contributed by atoms with Gasteiger partial charge in [0.2, 0.25) is 0 Å². The van der Waals surface area contributed by atoms with Gasteiger partial charge in [-0.25, -0.2) is 0 Å². The Morgan fingerprint density at radius 2 is 1.62 bits per heavy atom. The summed E-state index contributed by atoms with van der Waals surface area (Å²) in [5.74, 6) is -0.517. The van der Waals surface area contributed by atoms with Gasteiger partial charge in [-0.1, -0.05) is 13.8 Å². The summed E-state index contributed by atoms with van der Waals surface area (Å²) >= 11 is 0. The van der Waals surface area contributed by atoms with E-state index in [4.69, 9.17) is 9.47 Å². The van der Waals surface area contributed by atoms with Crippen LogP contribution in [0, 0.1) is 11.8 Å². The lowest BCUT2D eigenvalue weighted by molar-refractivity contribution is -0.150. The molecule has 0 heterocycles. The Kier molecular flexibility index (Phi) is 7.60. The van der Waals surface area contributed by atoms with Gasteiger partial charge in [0.1, 0.15) is 0 Å². The molecule has 0 aromatic rings. The van der Waals surface area contributed by atoms with E-state index in [0.717, 1.165) is 0 Å². The summed E-state index contributed by atoms with van der Waals surface area (Å²) in [6, 6.07) is 0. The second-order valence-corrected chi connectivity index (χ2v) is 3.95. The lowest BCUT2D eigenvalue weighted by Gasteiger charge is -2.18. The second-order valence-electron chi connectivity index (χ2n) is 3.95. The first kappa shape index (κ1) is 14.9. The minimum Gasteiger partial charge on any atom is -0.466 e. The number of rotatable bonds is 7. The highest BCUT2D eigenvalue weighted by Crippen LogP contribution is 2.19. The minimum absolute atomic E-state index is 0.175. The van der Waals surface area contributed by atoms with Gasteiger partial charge in [-0.05, 0) is 26.2 Å². The molecule has 4 nitrogen and oxygen atoms in total. The fraction of sp³-hybridized carbons (Fsp3) is 0.833. The molecule has 1 atom stereocenters. The number of ether oxygens (including phenoxy) is 2. The van der Waals surface area contributed by atoms with Crippen molar-refractivity contribution >= 4 is 11.9 Å². The minimum atomic E-state index is -0.252. The van der Waals surface area contributed by atoms with E-state index in [1.807, 2.05) is 13.8 Å². The van der Waals surface area contributed by atoms with Crippen LogP contribution in [0.3, 0.4) is 0 Å². The molecular weight excluding hydrogens is 208 g/mol. The maximum absolute atomic E-state index is 11.6. The number of hydrogen-bond donors (Lipinski definition) is 0. The molecule has 0 aliphatic carbocycles. The summed E-state index contributed by atoms with van der Waals surface area (Å²) < 4.78 is 9.79. The van der Waals surface area contributed by atoms with Crippen LogP contribution < -0.4 is 0 Å². The maximum atomic E-state index is 11.6. The summed E-state index contributed by atoms with van der Waals surface area (Å²) in [5, 5.41) is 0. The highest BCUT2D eigenvalue weighted by Gasteiger charge is 2.24. The first-order chi connectivity index (χ1) is 7.52. The zero-order chi connectivity index (χ0) is 12.6. The predicted molar refractivity (Wildman–Crippen MR) is 60.8 cm³/mol. The predicted octanol–water partition coefficient (Wildman–Crippen LogP) is 2.17. The maximum Gasteiger partial charge on any atom is 0.309 e. The molecule has 0 aromatic heterocycles. The molecule has 0 saturated heterocycles. The van der Waals surface area contributed by atoms with Crippen molar-refractivity contribution in [2.24, 2.45) is 11.8 Å². The van der Waals surface area contributed by atoms with E-state index >= 15 is 0 Å². The van der Waals surface area contributed by atoms with Crippen LogP contribution in [-0.2, 0) is 19.1 Å². The van der Waals surface area contributed by atoms with Gasteiger partial charge in [-0.2, -0.15) is 0 Å². The number of esters is 2. The molecule has 0 fully saturated rings. The molecule has 4 heteroatoms. The van der Waals surface area contributed by atoms with Crippen LogP contribution in [-0.4, -0.2) is 25.2 Å². The molecule has 1 unspecified atom stereocenters. The molecule has 0 aromatic carbocycles. The molecule has 16 heavy (non-hydrogen) atoms. The monoisotopic (exact) mass is 230 g/mol. The number of carbonyl (C=O) groups excluding carboxylic acids is 2. The van der Waals surface area contributed by atoms with Crippen molar-refractivity contribution in [1.82, 2.24) is 0 Å². The zero-order valence-corrected chi connectivity index (χ0v) is 10.6. The van der Waals surface area contributed by atoms with Crippen molar-refractivity contribution in [3.05, 3.63) is 0 Å². The van der Waals surface area contributed by atoms with Crippen molar-refractivity contribution in [3.63, 3.8) is 0 Å². The average Bonchev–Trinajstić information content (AvgIpc) is 2.18. The molecule has 0 bridgehead atoms. The Hall–Kier alpha value is -1.06. The van der Waals surface area contributed by atoms with Crippen LogP contribution >= 0.6 is 0 Å². The van der Waals surface area contributed by atoms with Crippen molar-refractivity contribution in [2.75, 3.05) is 13.2 Å². The van der Waals surface area contributed by atoms with Gasteiger partial charge in [0, 0.05) is 6.42 Å². The van der Waals surface area contributed by atoms with Crippen LogP contribution in [0.15, 0.2) is 0 Å². The second kappa shape index (κ2) is 8.13. The lowest BCUT2D eigenvalue weighted by atomic mass is 9.91. The van der Waals surface area contributed by atoms with Gasteiger partial charge >= 0.3 is 11.9 Å². The highest BCUT2D eigenvalue weighted by molar-refractivity contribution is 5.74. The SMILES string of the molecule is CCOC(=O)CCC(C(=O)OCC)C(C)C. The van der Waals surface area contributed by atoms with Crippen molar-refractivity contribution < 1.29 is 19.1 Å². The van der Waals surface area contributed by atoms with E-state index in [9.17, 15) is 9.59 Å². The smallest absolute Gasteiger partial charge is 0.309 e. The van der Waals surface area contributed by atoms with Crippen molar-refractivity contribution in [3.8, 4) is 0 Å². The van der Waals surface area contributed by atoms with Crippen molar-refractivity contribution in [2.45, 2.75) is 40.5 Å². The topological polar surface area (TPSA) is 52.6 Å². The average molecular weight is 230 g/mol. The van der Waals surface area contributed by atoms with Crippen LogP contribution in [0.2, 0.25) is 0 Å².